The molecule has 0 aromatic heterocycles. The minimum Gasteiger partial charge on any atom is -0.494 e. The van der Waals surface area contributed by atoms with E-state index in [4.69, 9.17) is 16.3 Å². The lowest BCUT2D eigenvalue weighted by atomic mass is 10.1. The lowest BCUT2D eigenvalue weighted by Crippen LogP contribution is -2.32. The summed E-state index contributed by atoms with van der Waals surface area (Å²) in [5.41, 5.74) is 0.423. The first-order valence-electron chi connectivity index (χ1n) is 11.4. The van der Waals surface area contributed by atoms with Gasteiger partial charge in [-0.15, -0.1) is 0 Å². The van der Waals surface area contributed by atoms with Crippen LogP contribution in [0.1, 0.15) is 18.1 Å². The second kappa shape index (κ2) is 11.0. The van der Waals surface area contributed by atoms with Gasteiger partial charge >= 0.3 is 6.18 Å². The molecule has 3 amide bonds. The van der Waals surface area contributed by atoms with Gasteiger partial charge in [-0.2, -0.15) is 13.2 Å². The number of anilines is 3. The number of hydrogen-bond acceptors (Lipinski definition) is 5. The molecule has 0 bridgehead atoms. The highest BCUT2D eigenvalue weighted by Gasteiger charge is 2.39. The number of halogens is 4. The summed E-state index contributed by atoms with van der Waals surface area (Å²) in [6.45, 7) is 2.31. The summed E-state index contributed by atoms with van der Waals surface area (Å²) >= 11 is 6.17. The van der Waals surface area contributed by atoms with Crippen molar-refractivity contribution >= 4 is 46.4 Å². The molecule has 0 fully saturated rings. The first-order valence-corrected chi connectivity index (χ1v) is 11.8. The molecule has 0 unspecified atom stereocenters. The van der Waals surface area contributed by atoms with Crippen molar-refractivity contribution in [2.24, 2.45) is 0 Å². The number of nitrogens with zero attached hydrogens (tertiary/aromatic N) is 1. The average Bonchev–Trinajstić information content (AvgIpc) is 3.08. The van der Waals surface area contributed by atoms with Crippen LogP contribution in [0.3, 0.4) is 0 Å². The van der Waals surface area contributed by atoms with E-state index in [0.717, 1.165) is 17.0 Å². The Hall–Kier alpha value is -4.31. The zero-order valence-corrected chi connectivity index (χ0v) is 20.7. The van der Waals surface area contributed by atoms with Crippen LogP contribution in [0.2, 0.25) is 0 Å². The van der Waals surface area contributed by atoms with Gasteiger partial charge in [-0.25, -0.2) is 4.90 Å². The molecular formula is C27H21ClF3N3O4. The van der Waals surface area contributed by atoms with Crippen molar-refractivity contribution in [2.45, 2.75) is 19.5 Å². The van der Waals surface area contributed by atoms with E-state index >= 15 is 0 Å². The summed E-state index contributed by atoms with van der Waals surface area (Å²) in [5, 5.41) is 5.03. The highest BCUT2D eigenvalue weighted by molar-refractivity contribution is 6.53. The number of amides is 3. The maximum Gasteiger partial charge on any atom is 0.416 e. The largest absolute Gasteiger partial charge is 0.494 e. The zero-order valence-electron chi connectivity index (χ0n) is 19.9. The summed E-state index contributed by atoms with van der Waals surface area (Å²) in [5.74, 6) is -1.21. The number of carbonyl (C=O) groups excluding carboxylic acids is 3. The number of nitrogens with one attached hydrogen (secondary N) is 2. The molecular weight excluding hydrogens is 523 g/mol. The fourth-order valence-corrected chi connectivity index (χ4v) is 3.93. The van der Waals surface area contributed by atoms with Crippen molar-refractivity contribution < 1.29 is 32.3 Å². The summed E-state index contributed by atoms with van der Waals surface area (Å²) in [6, 6.07) is 17.2. The van der Waals surface area contributed by atoms with Crippen molar-refractivity contribution in [3.63, 3.8) is 0 Å². The maximum absolute atomic E-state index is 13.0. The molecule has 0 atom stereocenters. The molecule has 0 aliphatic carbocycles. The van der Waals surface area contributed by atoms with Gasteiger partial charge in [0.2, 0.25) is 5.91 Å². The van der Waals surface area contributed by atoms with Crippen LogP contribution in [0, 0.1) is 0 Å². The number of rotatable bonds is 8. The van der Waals surface area contributed by atoms with E-state index in [1.165, 1.54) is 12.1 Å². The summed E-state index contributed by atoms with van der Waals surface area (Å²) in [7, 11) is 0. The van der Waals surface area contributed by atoms with Gasteiger partial charge in [-0.05, 0) is 67.1 Å². The maximum atomic E-state index is 13.0. The third-order valence-corrected chi connectivity index (χ3v) is 5.85. The van der Waals surface area contributed by atoms with E-state index in [-0.39, 0.29) is 22.8 Å². The third kappa shape index (κ3) is 5.97. The Balaban J connectivity index is 1.39. The van der Waals surface area contributed by atoms with Crippen LogP contribution >= 0.6 is 11.6 Å². The van der Waals surface area contributed by atoms with Crippen LogP contribution in [0.4, 0.5) is 30.2 Å². The highest BCUT2D eigenvalue weighted by atomic mass is 35.5. The predicted molar refractivity (Wildman–Crippen MR) is 137 cm³/mol. The van der Waals surface area contributed by atoms with Gasteiger partial charge in [0.1, 0.15) is 16.5 Å². The number of imide groups is 1. The normalized spacial score (nSPS) is 13.7. The molecule has 0 saturated carbocycles. The van der Waals surface area contributed by atoms with Crippen LogP contribution in [-0.2, 0) is 27.0 Å². The molecule has 1 aliphatic rings. The van der Waals surface area contributed by atoms with Crippen molar-refractivity contribution in [1.29, 1.82) is 0 Å². The van der Waals surface area contributed by atoms with Crippen molar-refractivity contribution in [1.82, 2.24) is 0 Å². The molecule has 1 heterocycles. The highest BCUT2D eigenvalue weighted by Crippen LogP contribution is 2.32. The number of carbonyl (C=O) groups is 3. The molecule has 0 radical (unpaired) electrons. The third-order valence-electron chi connectivity index (χ3n) is 5.49. The Morgan fingerprint density at radius 1 is 0.947 bits per heavy atom. The van der Waals surface area contributed by atoms with E-state index in [1.807, 2.05) is 6.92 Å². The van der Waals surface area contributed by atoms with Gasteiger partial charge in [0.05, 0.1) is 24.3 Å². The Morgan fingerprint density at radius 2 is 1.63 bits per heavy atom. The first-order chi connectivity index (χ1) is 18.1. The van der Waals surface area contributed by atoms with Gasteiger partial charge in [0, 0.05) is 11.4 Å². The summed E-state index contributed by atoms with van der Waals surface area (Å²) in [4.78, 5) is 38.9. The quantitative estimate of drug-likeness (QED) is 0.355. The molecule has 1 aliphatic heterocycles. The molecule has 196 valence electrons. The van der Waals surface area contributed by atoms with E-state index in [2.05, 4.69) is 10.6 Å². The molecule has 7 nitrogen and oxygen atoms in total. The number of hydrogen-bond donors (Lipinski definition) is 2. The smallest absolute Gasteiger partial charge is 0.416 e. The molecule has 3 aromatic carbocycles. The number of benzene rings is 3. The standard InChI is InChI=1S/C27H21ClF3N3O4/c1-2-38-21-12-10-20(11-13-21)34-25(36)23(28)24(26(34)37)33-18-8-6-16(7-9-18)14-22(35)32-19-5-3-4-17(15-19)27(29,30)31/h3-13,15,33H,2,14H2,1H3,(H,32,35). The molecule has 0 spiro atoms. The SMILES string of the molecule is CCOc1ccc(N2C(=O)C(Cl)=C(Nc3ccc(CC(=O)Nc4cccc(C(F)(F)F)c4)cc3)C2=O)cc1. The summed E-state index contributed by atoms with van der Waals surface area (Å²) < 4.78 is 44.0. The number of ether oxygens (including phenoxy) is 1. The molecule has 38 heavy (non-hydrogen) atoms. The van der Waals surface area contributed by atoms with Gasteiger partial charge < -0.3 is 15.4 Å². The van der Waals surface area contributed by atoms with Gasteiger partial charge in [0.25, 0.3) is 11.8 Å². The topological polar surface area (TPSA) is 87.7 Å². The fraction of sp³-hybridized carbons (Fsp3) is 0.148. The van der Waals surface area contributed by atoms with Crippen molar-refractivity contribution in [3.8, 4) is 5.75 Å². The number of alkyl halides is 3. The van der Waals surface area contributed by atoms with E-state index in [9.17, 15) is 27.6 Å². The minimum absolute atomic E-state index is 0.0335. The van der Waals surface area contributed by atoms with E-state index < -0.39 is 29.5 Å². The zero-order chi connectivity index (χ0) is 27.4. The van der Waals surface area contributed by atoms with Gasteiger partial charge in [-0.3, -0.25) is 14.4 Å². The van der Waals surface area contributed by atoms with Crippen LogP contribution in [0.15, 0.2) is 83.5 Å². The minimum atomic E-state index is -4.52. The van der Waals surface area contributed by atoms with Crippen LogP contribution in [0.25, 0.3) is 0 Å². The fourth-order valence-electron chi connectivity index (χ4n) is 3.72. The predicted octanol–water partition coefficient (Wildman–Crippen LogP) is 5.72. The Morgan fingerprint density at radius 3 is 2.26 bits per heavy atom. The van der Waals surface area contributed by atoms with Gasteiger partial charge in [0.15, 0.2) is 0 Å². The van der Waals surface area contributed by atoms with Gasteiger partial charge in [-0.1, -0.05) is 29.8 Å². The van der Waals surface area contributed by atoms with Crippen LogP contribution in [0.5, 0.6) is 5.75 Å². The second-order valence-electron chi connectivity index (χ2n) is 8.19. The molecule has 0 saturated heterocycles. The van der Waals surface area contributed by atoms with E-state index in [0.29, 0.717) is 29.3 Å². The molecule has 4 rings (SSSR count). The Kier molecular flexibility index (Phi) is 7.72. The molecule has 2 N–H and O–H groups in total. The van der Waals surface area contributed by atoms with Crippen LogP contribution < -0.4 is 20.3 Å². The molecule has 3 aromatic rings. The van der Waals surface area contributed by atoms with Crippen molar-refractivity contribution in [2.75, 3.05) is 22.1 Å². The van der Waals surface area contributed by atoms with Crippen molar-refractivity contribution in [3.05, 3.63) is 94.7 Å². The molecule has 11 heteroatoms. The monoisotopic (exact) mass is 543 g/mol. The van der Waals surface area contributed by atoms with Crippen LogP contribution in [-0.4, -0.2) is 24.3 Å². The summed E-state index contributed by atoms with van der Waals surface area (Å²) in [6.07, 6.45) is -4.61. The average molecular weight is 544 g/mol. The Bertz CT molecular complexity index is 1400. The lowest BCUT2D eigenvalue weighted by molar-refractivity contribution is -0.137. The van der Waals surface area contributed by atoms with E-state index in [1.54, 1.807) is 48.5 Å². The lowest BCUT2D eigenvalue weighted by Gasteiger charge is -2.15. The Labute approximate surface area is 220 Å². The second-order valence-corrected chi connectivity index (χ2v) is 8.57. The first kappa shape index (κ1) is 26.7.